The van der Waals surface area contributed by atoms with Crippen LogP contribution in [0.5, 0.6) is 0 Å². The number of fused-ring (bicyclic) bond motifs is 2. The Balaban J connectivity index is 1.67. The van der Waals surface area contributed by atoms with Crippen molar-refractivity contribution in [2.45, 2.75) is 26.3 Å². The molecule has 23 heavy (non-hydrogen) atoms. The molecule has 0 fully saturated rings. The van der Waals surface area contributed by atoms with Gasteiger partial charge in [0.25, 0.3) is 5.91 Å². The fraction of sp³-hybridized carbons (Fsp3) is 0.278. The van der Waals surface area contributed by atoms with E-state index in [4.69, 9.17) is 0 Å². The average molecular weight is 306 g/mol. The molecule has 1 aromatic carbocycles. The number of nitrogens with zero attached hydrogens (tertiary/aromatic N) is 3. The number of aryl methyl sites for hydroxylation is 1. The van der Waals surface area contributed by atoms with Crippen LogP contribution >= 0.6 is 0 Å². The highest BCUT2D eigenvalue weighted by Crippen LogP contribution is 2.25. The molecule has 1 N–H and O–H groups in total. The molecule has 0 saturated heterocycles. The van der Waals surface area contributed by atoms with E-state index in [1.54, 1.807) is 18.6 Å². The molecule has 0 radical (unpaired) electrons. The van der Waals surface area contributed by atoms with Crippen LogP contribution in [0.3, 0.4) is 0 Å². The van der Waals surface area contributed by atoms with Gasteiger partial charge in [0.05, 0.1) is 23.1 Å². The Morgan fingerprint density at radius 1 is 1.30 bits per heavy atom. The van der Waals surface area contributed by atoms with Crippen molar-refractivity contribution in [2.24, 2.45) is 5.92 Å². The molecule has 2 aromatic heterocycles. The van der Waals surface area contributed by atoms with Crippen molar-refractivity contribution in [3.05, 3.63) is 54.1 Å². The van der Waals surface area contributed by atoms with Gasteiger partial charge in [0.2, 0.25) is 0 Å². The van der Waals surface area contributed by atoms with E-state index in [9.17, 15) is 4.79 Å². The summed E-state index contributed by atoms with van der Waals surface area (Å²) in [5.74, 6) is 0.490. The molecular formula is C18H18N4O. The summed E-state index contributed by atoms with van der Waals surface area (Å²) in [7, 11) is 0. The first-order valence-electron chi connectivity index (χ1n) is 7.91. The lowest BCUT2D eigenvalue weighted by atomic mass is 9.96. The second-order valence-corrected chi connectivity index (χ2v) is 6.18. The molecule has 4 rings (SSSR count). The normalized spacial score (nSPS) is 17.0. The van der Waals surface area contributed by atoms with Crippen LogP contribution < -0.4 is 5.32 Å². The Bertz CT molecular complexity index is 878. The second-order valence-electron chi connectivity index (χ2n) is 6.18. The van der Waals surface area contributed by atoms with Crippen LogP contribution in [-0.4, -0.2) is 20.7 Å². The van der Waals surface area contributed by atoms with Gasteiger partial charge in [-0.1, -0.05) is 19.1 Å². The number of rotatable bonds is 2. The number of benzene rings is 1. The molecule has 1 amide bonds. The van der Waals surface area contributed by atoms with Crippen molar-refractivity contribution in [3.8, 4) is 0 Å². The molecule has 0 saturated carbocycles. The minimum Gasteiger partial charge on any atom is -0.321 e. The molecule has 0 spiro atoms. The number of amides is 1. The maximum Gasteiger partial charge on any atom is 0.259 e. The molecule has 116 valence electrons. The van der Waals surface area contributed by atoms with Crippen molar-refractivity contribution in [1.82, 2.24) is 14.8 Å². The van der Waals surface area contributed by atoms with Gasteiger partial charge in [0, 0.05) is 24.3 Å². The third kappa shape index (κ3) is 2.48. The topological polar surface area (TPSA) is 59.8 Å². The van der Waals surface area contributed by atoms with Gasteiger partial charge in [-0.15, -0.1) is 0 Å². The first kappa shape index (κ1) is 13.9. The smallest absolute Gasteiger partial charge is 0.259 e. The number of pyridine rings is 1. The van der Waals surface area contributed by atoms with Crippen molar-refractivity contribution in [3.63, 3.8) is 0 Å². The summed E-state index contributed by atoms with van der Waals surface area (Å²) in [6.07, 6.45) is 7.24. The number of nitrogens with one attached hydrogen (secondary N) is 1. The van der Waals surface area contributed by atoms with Crippen LogP contribution in [0.4, 0.5) is 5.69 Å². The van der Waals surface area contributed by atoms with E-state index in [2.05, 4.69) is 22.3 Å². The van der Waals surface area contributed by atoms with Gasteiger partial charge in [-0.3, -0.25) is 14.5 Å². The van der Waals surface area contributed by atoms with E-state index in [-0.39, 0.29) is 5.91 Å². The summed E-state index contributed by atoms with van der Waals surface area (Å²) in [5.41, 5.74) is 2.50. The zero-order valence-corrected chi connectivity index (χ0v) is 13.0. The summed E-state index contributed by atoms with van der Waals surface area (Å²) in [6, 6.07) is 7.79. The number of anilines is 1. The number of aromatic nitrogens is 3. The molecule has 0 aliphatic carbocycles. The Morgan fingerprint density at radius 2 is 2.22 bits per heavy atom. The summed E-state index contributed by atoms with van der Waals surface area (Å²) in [4.78, 5) is 16.9. The Kier molecular flexibility index (Phi) is 3.33. The van der Waals surface area contributed by atoms with Gasteiger partial charge in [-0.2, -0.15) is 5.10 Å². The number of carbonyl (C=O) groups excluding carboxylic acids is 1. The van der Waals surface area contributed by atoms with Crippen LogP contribution in [0.25, 0.3) is 10.8 Å². The van der Waals surface area contributed by atoms with Crippen LogP contribution in [0, 0.1) is 5.92 Å². The lowest BCUT2D eigenvalue weighted by Crippen LogP contribution is -2.21. The van der Waals surface area contributed by atoms with Gasteiger partial charge in [0.15, 0.2) is 0 Å². The van der Waals surface area contributed by atoms with Gasteiger partial charge in [-0.25, -0.2) is 0 Å². The monoisotopic (exact) mass is 306 g/mol. The third-order valence-corrected chi connectivity index (χ3v) is 4.50. The minimum atomic E-state index is -0.100. The summed E-state index contributed by atoms with van der Waals surface area (Å²) in [6.45, 7) is 3.11. The highest BCUT2D eigenvalue weighted by atomic mass is 16.1. The SMILES string of the molecule is CC1CCn2ncc(C(=O)Nc3cccc4ccncc34)c2C1. The maximum atomic E-state index is 12.7. The minimum absolute atomic E-state index is 0.100. The van der Waals surface area contributed by atoms with E-state index in [0.717, 1.165) is 41.5 Å². The molecular weight excluding hydrogens is 288 g/mol. The molecule has 3 aromatic rings. The molecule has 1 atom stereocenters. The Labute approximate surface area is 134 Å². The van der Waals surface area contributed by atoms with E-state index >= 15 is 0 Å². The van der Waals surface area contributed by atoms with Crippen LogP contribution in [0.2, 0.25) is 0 Å². The lowest BCUT2D eigenvalue weighted by molar-refractivity contribution is 0.102. The largest absolute Gasteiger partial charge is 0.321 e. The Hall–Kier alpha value is -2.69. The van der Waals surface area contributed by atoms with Gasteiger partial charge in [0.1, 0.15) is 0 Å². The lowest BCUT2D eigenvalue weighted by Gasteiger charge is -2.20. The average Bonchev–Trinajstić information content (AvgIpc) is 2.98. The van der Waals surface area contributed by atoms with Crippen LogP contribution in [-0.2, 0) is 13.0 Å². The molecule has 1 unspecified atom stereocenters. The van der Waals surface area contributed by atoms with Crippen molar-refractivity contribution >= 4 is 22.4 Å². The van der Waals surface area contributed by atoms with Crippen molar-refractivity contribution in [2.75, 3.05) is 5.32 Å². The number of hydrogen-bond donors (Lipinski definition) is 1. The first-order chi connectivity index (χ1) is 11.2. The standard InChI is InChI=1S/C18H18N4O/c1-12-6-8-22-17(9-12)15(11-20-22)18(23)21-16-4-2-3-13-5-7-19-10-14(13)16/h2-5,7,10-12H,6,8-9H2,1H3,(H,21,23). The van der Waals surface area contributed by atoms with Crippen molar-refractivity contribution in [1.29, 1.82) is 0 Å². The highest BCUT2D eigenvalue weighted by molar-refractivity contribution is 6.09. The molecule has 5 nitrogen and oxygen atoms in total. The van der Waals surface area contributed by atoms with E-state index < -0.39 is 0 Å². The molecule has 1 aliphatic heterocycles. The fourth-order valence-corrected chi connectivity index (χ4v) is 3.20. The number of hydrogen-bond acceptors (Lipinski definition) is 3. The van der Waals surface area contributed by atoms with E-state index in [1.807, 2.05) is 28.9 Å². The van der Waals surface area contributed by atoms with Crippen LogP contribution in [0.1, 0.15) is 29.4 Å². The van der Waals surface area contributed by atoms with Gasteiger partial charge >= 0.3 is 0 Å². The summed E-state index contributed by atoms with van der Waals surface area (Å²) >= 11 is 0. The van der Waals surface area contributed by atoms with Crippen LogP contribution in [0.15, 0.2) is 42.9 Å². The van der Waals surface area contributed by atoms with E-state index in [0.29, 0.717) is 11.5 Å². The summed E-state index contributed by atoms with van der Waals surface area (Å²) in [5, 5.41) is 9.38. The zero-order chi connectivity index (χ0) is 15.8. The van der Waals surface area contributed by atoms with Crippen molar-refractivity contribution < 1.29 is 4.79 Å². The molecule has 5 heteroatoms. The predicted octanol–water partition coefficient (Wildman–Crippen LogP) is 3.27. The second kappa shape index (κ2) is 5.50. The molecule has 1 aliphatic rings. The third-order valence-electron chi connectivity index (χ3n) is 4.50. The van der Waals surface area contributed by atoms with Gasteiger partial charge < -0.3 is 5.32 Å². The predicted molar refractivity (Wildman–Crippen MR) is 89.4 cm³/mol. The molecule has 0 bridgehead atoms. The fourth-order valence-electron chi connectivity index (χ4n) is 3.20. The molecule has 3 heterocycles. The Morgan fingerprint density at radius 3 is 3.13 bits per heavy atom. The zero-order valence-electron chi connectivity index (χ0n) is 13.0. The summed E-state index contributed by atoms with van der Waals surface area (Å²) < 4.78 is 1.96. The first-order valence-corrected chi connectivity index (χ1v) is 7.91. The highest BCUT2D eigenvalue weighted by Gasteiger charge is 2.23. The number of carbonyl (C=O) groups is 1. The maximum absolute atomic E-state index is 12.7. The quantitative estimate of drug-likeness (QED) is 0.790. The van der Waals surface area contributed by atoms with E-state index in [1.165, 1.54) is 0 Å². The van der Waals surface area contributed by atoms with Gasteiger partial charge in [-0.05, 0) is 36.3 Å².